The molecule has 0 bridgehead atoms. The zero-order valence-electron chi connectivity index (χ0n) is 17.8. The number of piperidine rings is 2. The van der Waals surface area contributed by atoms with Crippen LogP contribution in [-0.2, 0) is 17.8 Å². The lowest BCUT2D eigenvalue weighted by Crippen LogP contribution is -2.45. The molecule has 2 saturated heterocycles. The first-order chi connectivity index (χ1) is 14.6. The second-order valence-electron chi connectivity index (χ2n) is 8.74. The van der Waals surface area contributed by atoms with Crippen LogP contribution in [0.3, 0.4) is 0 Å². The molecule has 0 spiro atoms. The minimum Gasteiger partial charge on any atom is -0.368 e. The van der Waals surface area contributed by atoms with Crippen LogP contribution >= 0.6 is 0 Å². The number of nitrogens with two attached hydrogens (primary N) is 1. The van der Waals surface area contributed by atoms with E-state index < -0.39 is 0 Å². The van der Waals surface area contributed by atoms with Gasteiger partial charge in [-0.15, -0.1) is 0 Å². The predicted octanol–water partition coefficient (Wildman–Crippen LogP) is 2.46. The summed E-state index contributed by atoms with van der Waals surface area (Å²) >= 11 is 0. The number of amides is 1. The number of rotatable bonds is 5. The van der Waals surface area contributed by atoms with Crippen LogP contribution in [0.4, 0.5) is 5.95 Å². The van der Waals surface area contributed by atoms with Crippen molar-refractivity contribution in [3.63, 3.8) is 0 Å². The molecular formula is C23H32N6O. The molecule has 4 heterocycles. The van der Waals surface area contributed by atoms with Gasteiger partial charge in [0.2, 0.25) is 11.9 Å². The Balaban J connectivity index is 1.21. The van der Waals surface area contributed by atoms with Gasteiger partial charge < -0.3 is 10.6 Å². The molecule has 0 radical (unpaired) electrons. The van der Waals surface area contributed by atoms with Crippen molar-refractivity contribution < 1.29 is 4.79 Å². The Morgan fingerprint density at radius 2 is 1.77 bits per heavy atom. The van der Waals surface area contributed by atoms with Gasteiger partial charge in [0.15, 0.2) is 0 Å². The quantitative estimate of drug-likeness (QED) is 0.818. The maximum atomic E-state index is 13.0. The van der Waals surface area contributed by atoms with E-state index in [1.165, 1.54) is 5.69 Å². The molecule has 0 aromatic carbocycles. The minimum absolute atomic E-state index is 0.166. The van der Waals surface area contributed by atoms with Gasteiger partial charge >= 0.3 is 0 Å². The fraction of sp³-hybridized carbons (Fsp3) is 0.565. The van der Waals surface area contributed by atoms with Crippen molar-refractivity contribution in [2.45, 2.75) is 45.6 Å². The van der Waals surface area contributed by atoms with Gasteiger partial charge in [-0.3, -0.25) is 14.7 Å². The molecule has 30 heavy (non-hydrogen) atoms. The summed E-state index contributed by atoms with van der Waals surface area (Å²) in [5.74, 6) is 1.46. The summed E-state index contributed by atoms with van der Waals surface area (Å²) < 4.78 is 0. The Bertz CT molecular complexity index is 839. The first kappa shape index (κ1) is 20.7. The molecule has 2 aromatic heterocycles. The molecule has 2 N–H and O–H groups in total. The molecule has 4 rings (SSSR count). The van der Waals surface area contributed by atoms with E-state index in [-0.39, 0.29) is 5.92 Å². The molecule has 0 aliphatic carbocycles. The Morgan fingerprint density at radius 1 is 1.07 bits per heavy atom. The van der Waals surface area contributed by atoms with E-state index in [9.17, 15) is 4.79 Å². The largest absolute Gasteiger partial charge is 0.368 e. The lowest BCUT2D eigenvalue weighted by Gasteiger charge is -2.37. The van der Waals surface area contributed by atoms with Gasteiger partial charge in [-0.25, -0.2) is 9.97 Å². The number of pyridine rings is 1. The zero-order chi connectivity index (χ0) is 20.9. The van der Waals surface area contributed by atoms with E-state index >= 15 is 0 Å². The van der Waals surface area contributed by atoms with Gasteiger partial charge in [-0.05, 0) is 70.2 Å². The van der Waals surface area contributed by atoms with Crippen LogP contribution in [0, 0.1) is 18.8 Å². The highest BCUT2D eigenvalue weighted by Crippen LogP contribution is 2.26. The van der Waals surface area contributed by atoms with Crippen molar-refractivity contribution in [2.24, 2.45) is 11.8 Å². The molecule has 2 fully saturated rings. The summed E-state index contributed by atoms with van der Waals surface area (Å²) in [5.41, 5.74) is 8.88. The fourth-order valence-corrected chi connectivity index (χ4v) is 4.67. The first-order valence-corrected chi connectivity index (χ1v) is 11.1. The molecule has 7 nitrogen and oxygen atoms in total. The van der Waals surface area contributed by atoms with Crippen molar-refractivity contribution >= 4 is 11.9 Å². The van der Waals surface area contributed by atoms with E-state index in [2.05, 4.69) is 36.9 Å². The molecule has 160 valence electrons. The van der Waals surface area contributed by atoms with Gasteiger partial charge in [0.05, 0.1) is 0 Å². The second-order valence-corrected chi connectivity index (χ2v) is 8.74. The van der Waals surface area contributed by atoms with Crippen molar-refractivity contribution in [1.82, 2.24) is 24.8 Å². The number of likely N-dealkylation sites (tertiary alicyclic amines) is 2. The maximum absolute atomic E-state index is 13.0. The van der Waals surface area contributed by atoms with Crippen LogP contribution in [0.2, 0.25) is 0 Å². The highest BCUT2D eigenvalue weighted by atomic mass is 16.2. The maximum Gasteiger partial charge on any atom is 0.225 e. The summed E-state index contributed by atoms with van der Waals surface area (Å²) in [6.45, 7) is 6.52. The Kier molecular flexibility index (Phi) is 6.57. The molecule has 7 heteroatoms. The van der Waals surface area contributed by atoms with Gasteiger partial charge in [-0.2, -0.15) is 0 Å². The third-order valence-corrected chi connectivity index (χ3v) is 6.44. The number of hydrogen-bond donors (Lipinski definition) is 1. The van der Waals surface area contributed by atoms with Gasteiger partial charge in [-0.1, -0.05) is 6.07 Å². The number of aryl methyl sites for hydroxylation is 1. The van der Waals surface area contributed by atoms with Crippen molar-refractivity contribution in [3.05, 3.63) is 47.5 Å². The number of hydrogen-bond acceptors (Lipinski definition) is 6. The summed E-state index contributed by atoms with van der Waals surface area (Å²) in [5, 5.41) is 0. The fourth-order valence-electron chi connectivity index (χ4n) is 4.67. The zero-order valence-corrected chi connectivity index (χ0v) is 17.8. The highest BCUT2D eigenvalue weighted by Gasteiger charge is 2.31. The molecule has 2 aliphatic heterocycles. The summed E-state index contributed by atoms with van der Waals surface area (Å²) in [7, 11) is 0. The van der Waals surface area contributed by atoms with Crippen LogP contribution in [0.15, 0.2) is 30.6 Å². The van der Waals surface area contributed by atoms with Crippen LogP contribution in [0.1, 0.15) is 42.6 Å². The van der Waals surface area contributed by atoms with Crippen LogP contribution < -0.4 is 5.73 Å². The number of carbonyl (C=O) groups is 1. The summed E-state index contributed by atoms with van der Waals surface area (Å²) in [4.78, 5) is 30.3. The smallest absolute Gasteiger partial charge is 0.225 e. The molecule has 2 aromatic rings. The van der Waals surface area contributed by atoms with Crippen LogP contribution in [0.5, 0.6) is 0 Å². The van der Waals surface area contributed by atoms with Crippen molar-refractivity contribution in [1.29, 1.82) is 0 Å². The van der Waals surface area contributed by atoms with Gasteiger partial charge in [0, 0.05) is 54.9 Å². The number of nitrogen functional groups attached to an aromatic ring is 1. The monoisotopic (exact) mass is 408 g/mol. The number of nitrogens with zero attached hydrogens (tertiary/aromatic N) is 5. The van der Waals surface area contributed by atoms with Crippen LogP contribution in [-0.4, -0.2) is 56.8 Å². The lowest BCUT2D eigenvalue weighted by molar-refractivity contribution is -0.138. The van der Waals surface area contributed by atoms with E-state index in [0.29, 0.717) is 17.8 Å². The molecule has 0 unspecified atom stereocenters. The number of anilines is 1. The average Bonchev–Trinajstić information content (AvgIpc) is 2.76. The van der Waals surface area contributed by atoms with E-state index in [1.807, 2.05) is 13.0 Å². The summed E-state index contributed by atoms with van der Waals surface area (Å²) in [6, 6.07) is 6.25. The van der Waals surface area contributed by atoms with Crippen molar-refractivity contribution in [3.8, 4) is 0 Å². The average molecular weight is 409 g/mol. The third-order valence-electron chi connectivity index (χ3n) is 6.44. The third kappa shape index (κ3) is 5.33. The van der Waals surface area contributed by atoms with E-state index in [4.69, 9.17) is 5.73 Å². The molecule has 0 atom stereocenters. The minimum atomic E-state index is 0.166. The van der Waals surface area contributed by atoms with E-state index in [0.717, 1.165) is 76.1 Å². The molecule has 1 amide bonds. The Morgan fingerprint density at radius 3 is 2.43 bits per heavy atom. The van der Waals surface area contributed by atoms with Crippen molar-refractivity contribution in [2.75, 3.05) is 31.9 Å². The Hall–Kier alpha value is -2.54. The second kappa shape index (κ2) is 9.51. The molecular weight excluding hydrogens is 376 g/mol. The normalized spacial score (nSPS) is 19.2. The number of aromatic nitrogens is 3. The standard InChI is InChI=1S/C23H32N6O/c1-17-3-2-4-21(27-17)13-18-5-11-29(12-6-18)22(30)20-7-9-28(10-8-20)16-19-14-25-23(24)26-15-19/h2-4,14-15,18,20H,5-13,16H2,1H3,(H2,24,25,26). The van der Waals surface area contributed by atoms with E-state index in [1.54, 1.807) is 12.4 Å². The summed E-state index contributed by atoms with van der Waals surface area (Å²) in [6.07, 6.45) is 8.63. The topological polar surface area (TPSA) is 88.2 Å². The highest BCUT2D eigenvalue weighted by molar-refractivity contribution is 5.79. The van der Waals surface area contributed by atoms with Gasteiger partial charge in [0.25, 0.3) is 0 Å². The first-order valence-electron chi connectivity index (χ1n) is 11.1. The van der Waals surface area contributed by atoms with Crippen LogP contribution in [0.25, 0.3) is 0 Å². The van der Waals surface area contributed by atoms with Gasteiger partial charge in [0.1, 0.15) is 0 Å². The lowest BCUT2D eigenvalue weighted by atomic mass is 9.89. The SMILES string of the molecule is Cc1cccc(CC2CCN(C(=O)C3CCN(Cc4cnc(N)nc4)CC3)CC2)n1. The predicted molar refractivity (Wildman–Crippen MR) is 116 cm³/mol. The molecule has 0 saturated carbocycles. The molecule has 2 aliphatic rings. The Labute approximate surface area is 178 Å². The number of carbonyl (C=O) groups excluding carboxylic acids is 1.